The van der Waals surface area contributed by atoms with E-state index in [4.69, 9.17) is 38.0 Å². The summed E-state index contributed by atoms with van der Waals surface area (Å²) in [6.07, 6.45) is 1.68. The van der Waals surface area contributed by atoms with Crippen molar-refractivity contribution in [2.45, 2.75) is 6.92 Å². The topological polar surface area (TPSA) is 60.0 Å². The molecule has 0 spiro atoms. The molecule has 0 unspecified atom stereocenters. The first kappa shape index (κ1) is 20.0. The van der Waals surface area contributed by atoms with Crippen LogP contribution in [-0.2, 0) is 4.79 Å². The largest absolute Gasteiger partial charge is 0.493 e. The highest BCUT2D eigenvalue weighted by molar-refractivity contribution is 7.80. The molecule has 2 aromatic rings. The number of methoxy groups -OCH3 is 3. The molecule has 1 amide bonds. The van der Waals surface area contributed by atoms with Crippen LogP contribution in [0.3, 0.4) is 0 Å². The number of aryl methyl sites for hydroxylation is 1. The fraction of sp³-hybridized carbons (Fsp3) is 0.200. The van der Waals surface area contributed by atoms with Crippen molar-refractivity contribution in [1.29, 1.82) is 0 Å². The number of carbonyl (C=O) groups is 1. The summed E-state index contributed by atoms with van der Waals surface area (Å²) in [7, 11) is 4.60. The average molecular weight is 419 g/mol. The van der Waals surface area contributed by atoms with Gasteiger partial charge < -0.3 is 19.5 Å². The highest BCUT2D eigenvalue weighted by Crippen LogP contribution is 2.39. The number of nitrogens with zero attached hydrogens (tertiary/aromatic N) is 1. The van der Waals surface area contributed by atoms with Gasteiger partial charge in [0.2, 0.25) is 5.75 Å². The van der Waals surface area contributed by atoms with Gasteiger partial charge in [0, 0.05) is 5.02 Å². The minimum Gasteiger partial charge on any atom is -0.493 e. The number of halogens is 1. The third-order valence-electron chi connectivity index (χ3n) is 4.28. The number of benzene rings is 2. The van der Waals surface area contributed by atoms with E-state index in [2.05, 4.69) is 5.32 Å². The van der Waals surface area contributed by atoms with Crippen LogP contribution in [0.4, 0.5) is 5.69 Å². The Kier molecular flexibility index (Phi) is 5.76. The van der Waals surface area contributed by atoms with E-state index in [-0.39, 0.29) is 5.91 Å². The summed E-state index contributed by atoms with van der Waals surface area (Å²) < 4.78 is 16.0. The lowest BCUT2D eigenvalue weighted by Gasteiger charge is -2.16. The molecular weight excluding hydrogens is 400 g/mol. The van der Waals surface area contributed by atoms with Crippen molar-refractivity contribution < 1.29 is 19.0 Å². The van der Waals surface area contributed by atoms with Gasteiger partial charge in [0.15, 0.2) is 16.6 Å². The second-order valence-electron chi connectivity index (χ2n) is 6.02. The van der Waals surface area contributed by atoms with E-state index in [1.807, 2.05) is 6.92 Å². The molecule has 1 fully saturated rings. The summed E-state index contributed by atoms with van der Waals surface area (Å²) in [5, 5.41) is 3.87. The van der Waals surface area contributed by atoms with Crippen LogP contribution in [0.25, 0.3) is 6.08 Å². The number of nitrogens with one attached hydrogen (secondary N) is 1. The first-order valence-electron chi connectivity index (χ1n) is 8.33. The number of hydrogen-bond donors (Lipinski definition) is 1. The van der Waals surface area contributed by atoms with E-state index in [9.17, 15) is 4.79 Å². The summed E-state index contributed by atoms with van der Waals surface area (Å²) in [6, 6.07) is 8.78. The van der Waals surface area contributed by atoms with Crippen molar-refractivity contribution in [3.05, 3.63) is 52.2 Å². The molecule has 0 radical (unpaired) electrons. The van der Waals surface area contributed by atoms with Gasteiger partial charge >= 0.3 is 0 Å². The molecule has 1 heterocycles. The molecule has 0 bridgehead atoms. The van der Waals surface area contributed by atoms with E-state index in [1.54, 1.807) is 36.4 Å². The van der Waals surface area contributed by atoms with Gasteiger partial charge in [-0.05, 0) is 66.7 Å². The summed E-state index contributed by atoms with van der Waals surface area (Å²) in [5.74, 6) is 1.20. The molecule has 0 aliphatic carbocycles. The van der Waals surface area contributed by atoms with Gasteiger partial charge in [-0.25, -0.2) is 0 Å². The molecule has 2 aromatic carbocycles. The van der Waals surface area contributed by atoms with Crippen LogP contribution in [0.1, 0.15) is 11.1 Å². The molecular formula is C20H19ClN2O4S. The number of amides is 1. The third-order valence-corrected chi connectivity index (χ3v) is 4.80. The zero-order chi connectivity index (χ0) is 20.4. The van der Waals surface area contributed by atoms with Gasteiger partial charge in [0.25, 0.3) is 5.91 Å². The molecule has 146 valence electrons. The number of hydrogen-bond acceptors (Lipinski definition) is 5. The van der Waals surface area contributed by atoms with Gasteiger partial charge in [-0.3, -0.25) is 9.69 Å². The first-order chi connectivity index (χ1) is 13.4. The lowest BCUT2D eigenvalue weighted by molar-refractivity contribution is -0.113. The molecule has 1 saturated heterocycles. The second kappa shape index (κ2) is 8.08. The number of thiocarbonyl (C=S) groups is 1. The van der Waals surface area contributed by atoms with E-state index in [0.717, 1.165) is 5.56 Å². The van der Waals surface area contributed by atoms with Crippen LogP contribution in [0.5, 0.6) is 17.2 Å². The van der Waals surface area contributed by atoms with Crippen LogP contribution in [0, 0.1) is 6.92 Å². The Morgan fingerprint density at radius 2 is 1.71 bits per heavy atom. The molecule has 1 aliphatic rings. The smallest absolute Gasteiger partial charge is 0.281 e. The Labute approximate surface area is 173 Å². The van der Waals surface area contributed by atoms with Crippen molar-refractivity contribution in [3.8, 4) is 17.2 Å². The van der Waals surface area contributed by atoms with Crippen molar-refractivity contribution in [2.75, 3.05) is 26.2 Å². The number of rotatable bonds is 5. The van der Waals surface area contributed by atoms with Crippen molar-refractivity contribution in [1.82, 2.24) is 5.32 Å². The number of ether oxygens (including phenoxy) is 3. The molecule has 6 nitrogen and oxygen atoms in total. The molecule has 28 heavy (non-hydrogen) atoms. The van der Waals surface area contributed by atoms with Gasteiger partial charge in [0.1, 0.15) is 5.70 Å². The van der Waals surface area contributed by atoms with E-state index < -0.39 is 0 Å². The third kappa shape index (κ3) is 3.63. The van der Waals surface area contributed by atoms with Crippen LogP contribution in [0.2, 0.25) is 5.02 Å². The monoisotopic (exact) mass is 418 g/mol. The Hall–Kier alpha value is -2.77. The second-order valence-corrected chi connectivity index (χ2v) is 6.84. The summed E-state index contributed by atoms with van der Waals surface area (Å²) >= 11 is 11.4. The minimum absolute atomic E-state index is 0.260. The van der Waals surface area contributed by atoms with Crippen LogP contribution >= 0.6 is 23.8 Å². The Morgan fingerprint density at radius 3 is 2.25 bits per heavy atom. The molecule has 8 heteroatoms. The van der Waals surface area contributed by atoms with Crippen LogP contribution in [0.15, 0.2) is 36.0 Å². The zero-order valence-electron chi connectivity index (χ0n) is 15.8. The Bertz CT molecular complexity index is 965. The van der Waals surface area contributed by atoms with E-state index in [1.165, 1.54) is 26.2 Å². The molecule has 3 rings (SSSR count). The molecule has 1 N–H and O–H groups in total. The SMILES string of the molecule is COc1cc(/C=C2\NC(=S)N(c3ccc(Cl)cc3C)C2=O)cc(OC)c1OC. The van der Waals surface area contributed by atoms with Crippen molar-refractivity contribution in [3.63, 3.8) is 0 Å². The van der Waals surface area contributed by atoms with Gasteiger partial charge in [0.05, 0.1) is 27.0 Å². The predicted molar refractivity (Wildman–Crippen MR) is 113 cm³/mol. The number of carbonyl (C=O) groups excluding carboxylic acids is 1. The normalized spacial score (nSPS) is 15.0. The van der Waals surface area contributed by atoms with Crippen LogP contribution in [-0.4, -0.2) is 32.3 Å². The molecule has 0 saturated carbocycles. The van der Waals surface area contributed by atoms with Crippen molar-refractivity contribution >= 4 is 46.6 Å². The standard InChI is InChI=1S/C20H19ClN2O4S/c1-11-7-13(21)5-6-15(11)23-19(24)14(22-20(23)28)8-12-9-16(25-2)18(27-4)17(10-12)26-3/h5-10H,1-4H3,(H,22,28)/b14-8-. The lowest BCUT2D eigenvalue weighted by Crippen LogP contribution is -2.30. The van der Waals surface area contributed by atoms with Gasteiger partial charge in [-0.1, -0.05) is 11.6 Å². The average Bonchev–Trinajstić information content (AvgIpc) is 2.94. The lowest BCUT2D eigenvalue weighted by atomic mass is 10.1. The van der Waals surface area contributed by atoms with Gasteiger partial charge in [-0.15, -0.1) is 0 Å². The maximum atomic E-state index is 13.0. The summed E-state index contributed by atoms with van der Waals surface area (Å²) in [6.45, 7) is 1.87. The fourth-order valence-corrected chi connectivity index (χ4v) is 3.49. The maximum absolute atomic E-state index is 13.0. The quantitative estimate of drug-likeness (QED) is 0.586. The first-order valence-corrected chi connectivity index (χ1v) is 9.11. The predicted octanol–water partition coefficient (Wildman–Crippen LogP) is 3.94. The van der Waals surface area contributed by atoms with Gasteiger partial charge in [-0.2, -0.15) is 0 Å². The highest BCUT2D eigenvalue weighted by atomic mass is 35.5. The summed E-state index contributed by atoms with van der Waals surface area (Å²) in [4.78, 5) is 14.4. The van der Waals surface area contributed by atoms with E-state index in [0.29, 0.717) is 44.3 Å². The molecule has 0 atom stereocenters. The zero-order valence-corrected chi connectivity index (χ0v) is 17.4. The van der Waals surface area contributed by atoms with Crippen LogP contribution < -0.4 is 24.4 Å². The van der Waals surface area contributed by atoms with E-state index >= 15 is 0 Å². The maximum Gasteiger partial charge on any atom is 0.281 e. The Balaban J connectivity index is 2.00. The van der Waals surface area contributed by atoms with Crippen molar-refractivity contribution in [2.24, 2.45) is 0 Å². The summed E-state index contributed by atoms with van der Waals surface area (Å²) in [5.41, 5.74) is 2.57. The molecule has 0 aromatic heterocycles. The minimum atomic E-state index is -0.260. The number of anilines is 1. The Morgan fingerprint density at radius 1 is 1.07 bits per heavy atom. The molecule has 1 aliphatic heterocycles. The highest BCUT2D eigenvalue weighted by Gasteiger charge is 2.33. The fourth-order valence-electron chi connectivity index (χ4n) is 2.98.